The standard InChI is InChI=1S/C24H23Cl2N7O/c1-13(21-18(25)9-31-10-19(21)26)34-16-3-4-20(28)17(6-16)22(29)15-5-14(7-27)23(32-8-15)33-11-24(2,30)12-33/h3-6,8-10,13,29H,11-12,28,30H2,1-2H3/t13-/m1/s1. The Labute approximate surface area is 207 Å². The van der Waals surface area contributed by atoms with Gasteiger partial charge in [-0.15, -0.1) is 0 Å². The number of nitrogen functional groups attached to an aromatic ring is 1. The smallest absolute Gasteiger partial charge is 0.146 e. The number of pyridine rings is 2. The van der Waals surface area contributed by atoms with Gasteiger partial charge in [-0.2, -0.15) is 5.26 Å². The summed E-state index contributed by atoms with van der Waals surface area (Å²) >= 11 is 12.5. The number of benzene rings is 1. The van der Waals surface area contributed by atoms with E-state index in [9.17, 15) is 5.26 Å². The first-order chi connectivity index (χ1) is 16.1. The van der Waals surface area contributed by atoms with Crippen LogP contribution in [-0.4, -0.2) is 34.3 Å². The van der Waals surface area contributed by atoms with Crippen LogP contribution in [-0.2, 0) is 0 Å². The molecule has 1 aliphatic heterocycles. The molecular weight excluding hydrogens is 473 g/mol. The molecule has 1 aromatic carbocycles. The van der Waals surface area contributed by atoms with Crippen LogP contribution >= 0.6 is 23.2 Å². The number of aromatic nitrogens is 2. The van der Waals surface area contributed by atoms with Gasteiger partial charge in [0.1, 0.15) is 23.7 Å². The zero-order valence-corrected chi connectivity index (χ0v) is 20.2. The summed E-state index contributed by atoms with van der Waals surface area (Å²) in [6.07, 6.45) is 4.11. The third-order valence-corrected chi connectivity index (χ3v) is 6.19. The Morgan fingerprint density at radius 1 is 1.24 bits per heavy atom. The molecule has 0 amide bonds. The van der Waals surface area contributed by atoms with Crippen molar-refractivity contribution in [3.8, 4) is 11.8 Å². The van der Waals surface area contributed by atoms with Gasteiger partial charge in [0.2, 0.25) is 0 Å². The summed E-state index contributed by atoms with van der Waals surface area (Å²) in [5.41, 5.74) is 14.4. The molecule has 0 bridgehead atoms. The topological polar surface area (TPSA) is 138 Å². The summed E-state index contributed by atoms with van der Waals surface area (Å²) in [5, 5.41) is 19.2. The van der Waals surface area contributed by atoms with Crippen molar-refractivity contribution in [2.75, 3.05) is 23.7 Å². The molecule has 4 rings (SSSR count). The van der Waals surface area contributed by atoms with E-state index in [1.807, 2.05) is 18.7 Å². The maximum Gasteiger partial charge on any atom is 0.146 e. The monoisotopic (exact) mass is 495 g/mol. The molecule has 174 valence electrons. The lowest BCUT2D eigenvalue weighted by Crippen LogP contribution is -2.66. The van der Waals surface area contributed by atoms with Crippen LogP contribution in [0.3, 0.4) is 0 Å². The molecule has 0 aliphatic carbocycles. The zero-order chi connectivity index (χ0) is 24.6. The molecule has 5 N–H and O–H groups in total. The number of hydrogen-bond donors (Lipinski definition) is 3. The molecule has 1 fully saturated rings. The molecule has 3 heterocycles. The molecule has 1 atom stereocenters. The lowest BCUT2D eigenvalue weighted by Gasteiger charge is -2.46. The van der Waals surface area contributed by atoms with E-state index < -0.39 is 6.10 Å². The van der Waals surface area contributed by atoms with Gasteiger partial charge < -0.3 is 21.1 Å². The van der Waals surface area contributed by atoms with E-state index in [1.165, 1.54) is 12.4 Å². The average Bonchev–Trinajstić information content (AvgIpc) is 2.77. The highest BCUT2D eigenvalue weighted by Gasteiger charge is 2.36. The fraction of sp³-hybridized carbons (Fsp3) is 0.250. The van der Waals surface area contributed by atoms with Gasteiger partial charge >= 0.3 is 0 Å². The summed E-state index contributed by atoms with van der Waals surface area (Å²) in [6.45, 7) is 5.00. The van der Waals surface area contributed by atoms with Gasteiger partial charge in [0.25, 0.3) is 0 Å². The van der Waals surface area contributed by atoms with Gasteiger partial charge in [-0.1, -0.05) is 23.2 Å². The predicted octanol–water partition coefficient (Wildman–Crippen LogP) is 4.33. The van der Waals surface area contributed by atoms with Gasteiger partial charge in [0, 0.05) is 59.6 Å². The minimum Gasteiger partial charge on any atom is -0.486 e. The van der Waals surface area contributed by atoms with Crippen molar-refractivity contribution in [2.45, 2.75) is 25.5 Å². The molecule has 0 unspecified atom stereocenters. The van der Waals surface area contributed by atoms with Crippen LogP contribution in [0, 0.1) is 16.7 Å². The van der Waals surface area contributed by atoms with Crippen molar-refractivity contribution in [2.24, 2.45) is 5.73 Å². The van der Waals surface area contributed by atoms with E-state index in [-0.39, 0.29) is 11.3 Å². The first kappa shape index (κ1) is 23.8. The molecule has 0 saturated carbocycles. The van der Waals surface area contributed by atoms with Gasteiger partial charge in [0.15, 0.2) is 0 Å². The van der Waals surface area contributed by atoms with Crippen LogP contribution in [0.4, 0.5) is 11.5 Å². The fourth-order valence-corrected chi connectivity index (χ4v) is 4.63. The highest BCUT2D eigenvalue weighted by molar-refractivity contribution is 6.35. The highest BCUT2D eigenvalue weighted by Crippen LogP contribution is 2.34. The first-order valence-corrected chi connectivity index (χ1v) is 11.2. The van der Waals surface area contributed by atoms with Crippen LogP contribution in [0.2, 0.25) is 10.0 Å². The van der Waals surface area contributed by atoms with Crippen molar-refractivity contribution in [3.63, 3.8) is 0 Å². The Kier molecular flexibility index (Phi) is 6.36. The molecule has 10 heteroatoms. The number of nitrogens with zero attached hydrogens (tertiary/aromatic N) is 4. The number of halogens is 2. The Bertz CT molecular complexity index is 1290. The third kappa shape index (κ3) is 4.64. The fourth-order valence-electron chi connectivity index (χ4n) is 3.96. The summed E-state index contributed by atoms with van der Waals surface area (Å²) in [4.78, 5) is 10.4. The Balaban J connectivity index is 1.59. The lowest BCUT2D eigenvalue weighted by atomic mass is 9.93. The molecule has 3 aromatic rings. The molecule has 8 nitrogen and oxygen atoms in total. The van der Waals surface area contributed by atoms with Crippen LogP contribution < -0.4 is 21.1 Å². The van der Waals surface area contributed by atoms with Crippen molar-refractivity contribution >= 4 is 40.4 Å². The van der Waals surface area contributed by atoms with E-state index in [4.69, 9.17) is 44.8 Å². The summed E-state index contributed by atoms with van der Waals surface area (Å²) in [5.74, 6) is 1.05. The van der Waals surface area contributed by atoms with Crippen LogP contribution in [0.15, 0.2) is 42.9 Å². The number of anilines is 2. The quantitative estimate of drug-likeness (QED) is 0.341. The minimum absolute atomic E-state index is 0.124. The Morgan fingerprint density at radius 3 is 2.53 bits per heavy atom. The van der Waals surface area contributed by atoms with Gasteiger partial charge in [-0.05, 0) is 38.1 Å². The predicted molar refractivity (Wildman–Crippen MR) is 134 cm³/mol. The Morgan fingerprint density at radius 2 is 1.91 bits per heavy atom. The summed E-state index contributed by atoms with van der Waals surface area (Å²) in [6, 6.07) is 8.86. The van der Waals surface area contributed by atoms with E-state index in [0.29, 0.717) is 62.6 Å². The number of nitrogens with two attached hydrogens (primary N) is 2. The third-order valence-electron chi connectivity index (χ3n) is 5.58. The number of ether oxygens (including phenoxy) is 1. The van der Waals surface area contributed by atoms with Crippen molar-refractivity contribution < 1.29 is 4.74 Å². The minimum atomic E-state index is -0.468. The molecule has 1 saturated heterocycles. The number of rotatable bonds is 6. The molecule has 0 spiro atoms. The van der Waals surface area contributed by atoms with Crippen LogP contribution in [0.25, 0.3) is 0 Å². The Hall–Kier alpha value is -3.38. The second-order valence-electron chi connectivity index (χ2n) is 8.62. The van der Waals surface area contributed by atoms with E-state index in [1.54, 1.807) is 30.5 Å². The molecule has 2 aromatic heterocycles. The largest absolute Gasteiger partial charge is 0.486 e. The van der Waals surface area contributed by atoms with Crippen LogP contribution in [0.1, 0.15) is 42.2 Å². The number of hydrogen-bond acceptors (Lipinski definition) is 8. The van der Waals surface area contributed by atoms with E-state index in [0.717, 1.165) is 0 Å². The maximum atomic E-state index is 9.66. The van der Waals surface area contributed by atoms with Crippen molar-refractivity contribution in [1.29, 1.82) is 10.7 Å². The zero-order valence-electron chi connectivity index (χ0n) is 18.6. The van der Waals surface area contributed by atoms with Gasteiger partial charge in [0.05, 0.1) is 21.3 Å². The maximum absolute atomic E-state index is 9.66. The summed E-state index contributed by atoms with van der Waals surface area (Å²) < 4.78 is 6.05. The number of nitriles is 1. The first-order valence-electron chi connectivity index (χ1n) is 10.5. The molecule has 1 aliphatic rings. The van der Waals surface area contributed by atoms with E-state index in [2.05, 4.69) is 16.0 Å². The highest BCUT2D eigenvalue weighted by atomic mass is 35.5. The molecule has 0 radical (unpaired) electrons. The second kappa shape index (κ2) is 9.11. The molecular formula is C24H23Cl2N7O. The summed E-state index contributed by atoms with van der Waals surface area (Å²) in [7, 11) is 0. The molecule has 34 heavy (non-hydrogen) atoms. The SMILES string of the molecule is C[C@@H](Oc1ccc(N)c(C(=N)c2cnc(N3CC(C)(N)C3)c(C#N)c2)c1)c1c(Cl)cncc1Cl. The van der Waals surface area contributed by atoms with Gasteiger partial charge in [-0.3, -0.25) is 10.4 Å². The lowest BCUT2D eigenvalue weighted by molar-refractivity contribution is 0.227. The van der Waals surface area contributed by atoms with E-state index >= 15 is 0 Å². The van der Waals surface area contributed by atoms with Gasteiger partial charge in [-0.25, -0.2) is 4.98 Å². The van der Waals surface area contributed by atoms with Crippen LogP contribution in [0.5, 0.6) is 5.75 Å². The van der Waals surface area contributed by atoms with Crippen molar-refractivity contribution in [3.05, 3.63) is 75.2 Å². The van der Waals surface area contributed by atoms with Crippen molar-refractivity contribution in [1.82, 2.24) is 9.97 Å². The normalized spacial score (nSPS) is 15.2. The second-order valence-corrected chi connectivity index (χ2v) is 9.43. The number of nitrogens with one attached hydrogen (secondary N) is 1. The average molecular weight is 496 g/mol.